The minimum Gasteiger partial charge on any atom is -0.492 e. The molecule has 0 atom stereocenters. The fourth-order valence-electron chi connectivity index (χ4n) is 2.41. The Labute approximate surface area is 180 Å². The van der Waals surface area contributed by atoms with Gasteiger partial charge in [-0.1, -0.05) is 23.2 Å². The molecule has 1 heterocycles. The summed E-state index contributed by atoms with van der Waals surface area (Å²) in [5.41, 5.74) is 1.39. The van der Waals surface area contributed by atoms with Crippen LogP contribution in [0.4, 0.5) is 10.8 Å². The monoisotopic (exact) mass is 451 g/mol. The second kappa shape index (κ2) is 9.69. The molecule has 10 heteroatoms. The molecule has 0 saturated carbocycles. The summed E-state index contributed by atoms with van der Waals surface area (Å²) in [5, 5.41) is 16.6. The van der Waals surface area contributed by atoms with E-state index in [1.807, 2.05) is 0 Å². The average Bonchev–Trinajstić information content (AvgIpc) is 3.15. The summed E-state index contributed by atoms with van der Waals surface area (Å²) in [6.45, 7) is 0.334. The van der Waals surface area contributed by atoms with Gasteiger partial charge in [-0.05, 0) is 36.8 Å². The number of carbonyl (C=O) groups is 1. The molecule has 3 aromatic rings. The van der Waals surface area contributed by atoms with Gasteiger partial charge in [0, 0.05) is 34.5 Å². The number of benzene rings is 2. The van der Waals surface area contributed by atoms with Gasteiger partial charge in [-0.15, -0.1) is 11.3 Å². The van der Waals surface area contributed by atoms with Crippen molar-refractivity contribution in [2.75, 3.05) is 11.9 Å². The number of nitro groups is 1. The molecule has 0 unspecified atom stereocenters. The minimum absolute atomic E-state index is 0.0135. The molecule has 0 spiro atoms. The molecule has 0 aliphatic heterocycles. The number of aromatic nitrogens is 1. The molecule has 1 aromatic heterocycles. The highest BCUT2D eigenvalue weighted by atomic mass is 35.5. The van der Waals surface area contributed by atoms with Gasteiger partial charge >= 0.3 is 0 Å². The van der Waals surface area contributed by atoms with E-state index in [4.69, 9.17) is 27.9 Å². The first-order valence-corrected chi connectivity index (χ1v) is 10.1. The molecule has 0 aliphatic carbocycles. The Bertz CT molecular complexity index is 1020. The molecule has 3 rings (SSSR count). The predicted octanol–water partition coefficient (Wildman–Crippen LogP) is 5.82. The lowest BCUT2D eigenvalue weighted by Gasteiger charge is -2.08. The van der Waals surface area contributed by atoms with Crippen LogP contribution in [0.3, 0.4) is 0 Å². The third-order valence-electron chi connectivity index (χ3n) is 3.82. The van der Waals surface area contributed by atoms with Crippen LogP contribution in [0.5, 0.6) is 5.75 Å². The first-order chi connectivity index (χ1) is 13.9. The lowest BCUT2D eigenvalue weighted by Crippen LogP contribution is -2.12. The van der Waals surface area contributed by atoms with Crippen LogP contribution in [-0.2, 0) is 4.79 Å². The Morgan fingerprint density at radius 3 is 2.66 bits per heavy atom. The summed E-state index contributed by atoms with van der Waals surface area (Å²) in [5.74, 6) is 0.338. The van der Waals surface area contributed by atoms with Crippen molar-refractivity contribution in [1.82, 2.24) is 4.98 Å². The van der Waals surface area contributed by atoms with Crippen molar-refractivity contribution in [2.24, 2.45) is 0 Å². The number of carbonyl (C=O) groups excluding carboxylic acids is 1. The average molecular weight is 452 g/mol. The highest BCUT2D eigenvalue weighted by Gasteiger charge is 2.10. The van der Waals surface area contributed by atoms with Crippen LogP contribution in [0.1, 0.15) is 12.8 Å². The number of non-ortho nitro benzene ring substituents is 1. The SMILES string of the molecule is O=C(CCCOc1ccc(Cl)cc1Cl)Nc1nc(-c2ccc([N+](=O)[O-])cc2)cs1. The van der Waals surface area contributed by atoms with Gasteiger partial charge in [-0.3, -0.25) is 14.9 Å². The number of nitrogens with one attached hydrogen (secondary N) is 1. The second-order valence-corrected chi connectivity index (χ2v) is 7.62. The molecule has 0 fully saturated rings. The van der Waals surface area contributed by atoms with E-state index in [1.54, 1.807) is 35.7 Å². The standard InChI is InChI=1S/C19H15Cl2N3O4S/c20-13-5-8-17(15(21)10-13)28-9-1-2-18(25)23-19-22-16(11-29-19)12-3-6-14(7-4-12)24(26)27/h3-8,10-11H,1-2,9H2,(H,22,23,25). The normalized spacial score (nSPS) is 10.6. The van der Waals surface area contributed by atoms with Gasteiger partial charge in [0.1, 0.15) is 5.75 Å². The van der Waals surface area contributed by atoms with Crippen LogP contribution in [-0.4, -0.2) is 22.4 Å². The fraction of sp³-hybridized carbons (Fsp3) is 0.158. The van der Waals surface area contributed by atoms with Gasteiger partial charge < -0.3 is 10.1 Å². The zero-order chi connectivity index (χ0) is 20.8. The van der Waals surface area contributed by atoms with Crippen LogP contribution in [0.25, 0.3) is 11.3 Å². The first kappa shape index (κ1) is 21.0. The second-order valence-electron chi connectivity index (χ2n) is 5.92. The lowest BCUT2D eigenvalue weighted by molar-refractivity contribution is -0.384. The number of ether oxygens (including phenoxy) is 1. The summed E-state index contributed by atoms with van der Waals surface area (Å²) in [4.78, 5) is 26.7. The zero-order valence-electron chi connectivity index (χ0n) is 14.9. The number of halogens is 2. The minimum atomic E-state index is -0.457. The van der Waals surface area contributed by atoms with Crippen LogP contribution < -0.4 is 10.1 Å². The maximum Gasteiger partial charge on any atom is 0.269 e. The number of hydrogen-bond acceptors (Lipinski definition) is 6. The molecule has 1 amide bonds. The molecule has 29 heavy (non-hydrogen) atoms. The number of hydrogen-bond donors (Lipinski definition) is 1. The Morgan fingerprint density at radius 2 is 1.97 bits per heavy atom. The van der Waals surface area contributed by atoms with Crippen LogP contribution in [0.2, 0.25) is 10.0 Å². The third-order valence-corrected chi connectivity index (χ3v) is 5.11. The van der Waals surface area contributed by atoms with E-state index >= 15 is 0 Å². The van der Waals surface area contributed by atoms with Crippen LogP contribution >= 0.6 is 34.5 Å². The maximum atomic E-state index is 12.1. The number of nitro benzene ring substituents is 1. The summed E-state index contributed by atoms with van der Waals surface area (Å²) >= 11 is 13.1. The Hall–Kier alpha value is -2.68. The number of thiazole rings is 1. The van der Waals surface area contributed by atoms with E-state index in [2.05, 4.69) is 10.3 Å². The number of anilines is 1. The van der Waals surface area contributed by atoms with Crippen LogP contribution in [0.15, 0.2) is 47.8 Å². The Kier molecular flexibility index (Phi) is 7.03. The number of nitrogens with zero attached hydrogens (tertiary/aromatic N) is 2. The molecule has 0 bridgehead atoms. The summed E-state index contributed by atoms with van der Waals surface area (Å²) in [7, 11) is 0. The van der Waals surface area contributed by atoms with Crippen molar-refractivity contribution in [3.8, 4) is 17.0 Å². The van der Waals surface area contributed by atoms with Gasteiger partial charge in [0.25, 0.3) is 5.69 Å². The van der Waals surface area contributed by atoms with Crippen molar-refractivity contribution >= 4 is 51.3 Å². The van der Waals surface area contributed by atoms with E-state index < -0.39 is 4.92 Å². The Balaban J connectivity index is 1.47. The summed E-state index contributed by atoms with van der Waals surface area (Å²) < 4.78 is 5.55. The highest BCUT2D eigenvalue weighted by Crippen LogP contribution is 2.28. The van der Waals surface area contributed by atoms with E-state index in [-0.39, 0.29) is 18.0 Å². The topological polar surface area (TPSA) is 94.4 Å². The fourth-order valence-corrected chi connectivity index (χ4v) is 3.61. The quantitative estimate of drug-likeness (QED) is 0.264. The van der Waals surface area contributed by atoms with E-state index in [9.17, 15) is 14.9 Å². The molecular formula is C19H15Cl2N3O4S. The van der Waals surface area contributed by atoms with E-state index in [0.717, 1.165) is 5.56 Å². The van der Waals surface area contributed by atoms with Crippen LogP contribution in [0, 0.1) is 10.1 Å². The summed E-state index contributed by atoms with van der Waals surface area (Å²) in [6, 6.07) is 11.0. The van der Waals surface area contributed by atoms with E-state index in [0.29, 0.717) is 39.6 Å². The van der Waals surface area contributed by atoms with E-state index in [1.165, 1.54) is 23.5 Å². The molecule has 150 valence electrons. The number of amides is 1. The maximum absolute atomic E-state index is 12.1. The molecular weight excluding hydrogens is 437 g/mol. The number of rotatable bonds is 8. The predicted molar refractivity (Wildman–Crippen MR) is 114 cm³/mol. The summed E-state index contributed by atoms with van der Waals surface area (Å²) in [6.07, 6.45) is 0.767. The highest BCUT2D eigenvalue weighted by molar-refractivity contribution is 7.14. The Morgan fingerprint density at radius 1 is 1.21 bits per heavy atom. The van der Waals surface area contributed by atoms with Crippen molar-refractivity contribution < 1.29 is 14.5 Å². The van der Waals surface area contributed by atoms with Crippen molar-refractivity contribution in [3.63, 3.8) is 0 Å². The zero-order valence-corrected chi connectivity index (χ0v) is 17.3. The largest absolute Gasteiger partial charge is 0.492 e. The van der Waals surface area contributed by atoms with Gasteiger partial charge in [0.05, 0.1) is 22.2 Å². The van der Waals surface area contributed by atoms with Crippen molar-refractivity contribution in [3.05, 3.63) is 68.0 Å². The molecule has 0 saturated heterocycles. The first-order valence-electron chi connectivity index (χ1n) is 8.50. The molecule has 7 nitrogen and oxygen atoms in total. The molecule has 2 aromatic carbocycles. The molecule has 0 radical (unpaired) electrons. The smallest absolute Gasteiger partial charge is 0.269 e. The van der Waals surface area contributed by atoms with Gasteiger partial charge in [0.15, 0.2) is 5.13 Å². The molecule has 1 N–H and O–H groups in total. The van der Waals surface area contributed by atoms with Crippen molar-refractivity contribution in [1.29, 1.82) is 0 Å². The lowest BCUT2D eigenvalue weighted by atomic mass is 10.1. The van der Waals surface area contributed by atoms with Gasteiger partial charge in [0.2, 0.25) is 5.91 Å². The third kappa shape index (κ3) is 5.90. The molecule has 0 aliphatic rings. The van der Waals surface area contributed by atoms with Crippen molar-refractivity contribution in [2.45, 2.75) is 12.8 Å². The van der Waals surface area contributed by atoms with Gasteiger partial charge in [-0.2, -0.15) is 0 Å². The van der Waals surface area contributed by atoms with Gasteiger partial charge in [-0.25, -0.2) is 4.98 Å².